The molecule has 1 saturated carbocycles. The van der Waals surface area contributed by atoms with Crippen LogP contribution in [0.25, 0.3) is 0 Å². The topological polar surface area (TPSA) is 63.1 Å². The van der Waals surface area contributed by atoms with Crippen molar-refractivity contribution in [2.24, 2.45) is 0 Å². The summed E-state index contributed by atoms with van der Waals surface area (Å²) in [6.45, 7) is 5.15. The van der Waals surface area contributed by atoms with Crippen LogP contribution in [0.4, 0.5) is 0 Å². The quantitative estimate of drug-likeness (QED) is 0.875. The number of piperidine rings is 1. The molecule has 128 valence electrons. The number of carbonyl (C=O) groups is 1. The van der Waals surface area contributed by atoms with E-state index in [0.717, 1.165) is 25.5 Å². The molecule has 1 N–H and O–H groups in total. The predicted molar refractivity (Wildman–Crippen MR) is 89.0 cm³/mol. The minimum atomic E-state index is -0.0769. The summed E-state index contributed by atoms with van der Waals surface area (Å²) in [6, 6.07) is 0.430. The minimum absolute atomic E-state index is 0.0769. The lowest BCUT2D eigenvalue weighted by molar-refractivity contribution is -0.122. The first kappa shape index (κ1) is 16.4. The Balaban J connectivity index is 1.49. The Morgan fingerprint density at radius 1 is 1.26 bits per heavy atom. The number of nitrogens with zero attached hydrogens (tertiary/aromatic N) is 4. The van der Waals surface area contributed by atoms with E-state index in [4.69, 9.17) is 0 Å². The fraction of sp³-hybridized carbons (Fsp3) is 0.824. The van der Waals surface area contributed by atoms with Crippen molar-refractivity contribution >= 4 is 5.91 Å². The van der Waals surface area contributed by atoms with Gasteiger partial charge in [-0.05, 0) is 45.7 Å². The summed E-state index contributed by atoms with van der Waals surface area (Å²) >= 11 is 0. The maximum Gasteiger partial charge on any atom is 0.221 e. The van der Waals surface area contributed by atoms with Gasteiger partial charge in [0.15, 0.2) is 5.82 Å². The van der Waals surface area contributed by atoms with Gasteiger partial charge in [0, 0.05) is 19.0 Å². The number of likely N-dealkylation sites (tertiary alicyclic amines) is 1. The number of rotatable bonds is 6. The molecule has 1 saturated heterocycles. The monoisotopic (exact) mass is 319 g/mol. The van der Waals surface area contributed by atoms with Gasteiger partial charge >= 0.3 is 0 Å². The number of hydrogen-bond acceptors (Lipinski definition) is 4. The molecule has 0 bridgehead atoms. The van der Waals surface area contributed by atoms with Gasteiger partial charge in [-0.15, -0.1) is 10.2 Å². The zero-order valence-corrected chi connectivity index (χ0v) is 14.2. The molecule has 2 aliphatic rings. The molecule has 1 atom stereocenters. The number of carbonyl (C=O) groups excluding carboxylic acids is 1. The van der Waals surface area contributed by atoms with Crippen LogP contribution in [-0.4, -0.2) is 45.2 Å². The number of aromatic nitrogens is 3. The third kappa shape index (κ3) is 4.31. The highest BCUT2D eigenvalue weighted by atomic mass is 16.1. The first-order valence-electron chi connectivity index (χ1n) is 9.15. The largest absolute Gasteiger partial charge is 0.346 e. The van der Waals surface area contributed by atoms with E-state index in [2.05, 4.69) is 25.0 Å². The molecule has 1 amide bonds. The maximum atomic E-state index is 12.2. The molecule has 0 aromatic carbocycles. The molecular formula is C17H29N5O. The van der Waals surface area contributed by atoms with Gasteiger partial charge in [-0.25, -0.2) is 0 Å². The van der Waals surface area contributed by atoms with Gasteiger partial charge < -0.3 is 14.8 Å². The number of amides is 1. The van der Waals surface area contributed by atoms with Crippen molar-refractivity contribution in [2.45, 2.75) is 70.4 Å². The van der Waals surface area contributed by atoms with Crippen LogP contribution < -0.4 is 5.32 Å². The third-order valence-electron chi connectivity index (χ3n) is 5.19. The summed E-state index contributed by atoms with van der Waals surface area (Å²) in [4.78, 5) is 14.6. The standard InChI is InChI=1S/C17H29N5O/c1-14(17-20-18-13-22(17)15-7-3-4-8-15)19-16(23)9-12-21-10-5-2-6-11-21/h13-15H,2-12H2,1H3,(H,19,23). The molecule has 2 fully saturated rings. The Morgan fingerprint density at radius 3 is 2.74 bits per heavy atom. The number of hydrogen-bond donors (Lipinski definition) is 1. The third-order valence-corrected chi connectivity index (χ3v) is 5.19. The number of nitrogens with one attached hydrogen (secondary N) is 1. The summed E-state index contributed by atoms with van der Waals surface area (Å²) in [6.07, 6.45) is 11.2. The molecule has 1 aliphatic heterocycles. The van der Waals surface area contributed by atoms with Crippen LogP contribution >= 0.6 is 0 Å². The van der Waals surface area contributed by atoms with E-state index >= 15 is 0 Å². The van der Waals surface area contributed by atoms with Crippen LogP contribution in [-0.2, 0) is 4.79 Å². The van der Waals surface area contributed by atoms with E-state index in [1.807, 2.05) is 13.3 Å². The highest BCUT2D eigenvalue weighted by Crippen LogP contribution is 2.31. The lowest BCUT2D eigenvalue weighted by Gasteiger charge is -2.26. The van der Waals surface area contributed by atoms with Crippen molar-refractivity contribution in [3.63, 3.8) is 0 Å². The summed E-state index contributed by atoms with van der Waals surface area (Å²) in [5, 5.41) is 11.4. The first-order valence-corrected chi connectivity index (χ1v) is 9.15. The average Bonchev–Trinajstić information content (AvgIpc) is 3.24. The van der Waals surface area contributed by atoms with Crippen LogP contribution in [0.15, 0.2) is 6.33 Å². The molecule has 2 heterocycles. The van der Waals surface area contributed by atoms with Crippen molar-refractivity contribution in [1.29, 1.82) is 0 Å². The fourth-order valence-electron chi connectivity index (χ4n) is 3.85. The van der Waals surface area contributed by atoms with Gasteiger partial charge in [-0.1, -0.05) is 19.3 Å². The molecule has 0 radical (unpaired) electrons. The van der Waals surface area contributed by atoms with Crippen LogP contribution in [0.3, 0.4) is 0 Å². The van der Waals surface area contributed by atoms with Crippen molar-refractivity contribution in [3.8, 4) is 0 Å². The van der Waals surface area contributed by atoms with Gasteiger partial charge in [0.05, 0.1) is 6.04 Å². The SMILES string of the molecule is CC(NC(=O)CCN1CCCCC1)c1nncn1C1CCCC1. The maximum absolute atomic E-state index is 12.2. The van der Waals surface area contributed by atoms with Gasteiger partial charge in [0.1, 0.15) is 6.33 Å². The van der Waals surface area contributed by atoms with E-state index in [-0.39, 0.29) is 11.9 Å². The zero-order chi connectivity index (χ0) is 16.1. The molecule has 1 unspecified atom stereocenters. The molecule has 1 aliphatic carbocycles. The van der Waals surface area contributed by atoms with Crippen molar-refractivity contribution in [1.82, 2.24) is 25.0 Å². The highest BCUT2D eigenvalue weighted by molar-refractivity contribution is 5.76. The molecule has 6 nitrogen and oxygen atoms in total. The lowest BCUT2D eigenvalue weighted by Crippen LogP contribution is -2.35. The fourth-order valence-corrected chi connectivity index (χ4v) is 3.85. The molecule has 1 aromatic heterocycles. The second kappa shape index (κ2) is 7.90. The summed E-state index contributed by atoms with van der Waals surface area (Å²) < 4.78 is 2.17. The van der Waals surface area contributed by atoms with E-state index in [1.54, 1.807) is 0 Å². The van der Waals surface area contributed by atoms with E-state index in [0.29, 0.717) is 12.5 Å². The Morgan fingerprint density at radius 2 is 2.00 bits per heavy atom. The molecule has 6 heteroatoms. The highest BCUT2D eigenvalue weighted by Gasteiger charge is 2.23. The summed E-state index contributed by atoms with van der Waals surface area (Å²) in [5.41, 5.74) is 0. The van der Waals surface area contributed by atoms with Crippen LogP contribution in [0, 0.1) is 0 Å². The molecule has 3 rings (SSSR count). The lowest BCUT2D eigenvalue weighted by atomic mass is 10.1. The summed E-state index contributed by atoms with van der Waals surface area (Å²) in [7, 11) is 0. The minimum Gasteiger partial charge on any atom is -0.346 e. The second-order valence-electron chi connectivity index (χ2n) is 6.98. The van der Waals surface area contributed by atoms with E-state index < -0.39 is 0 Å². The molecule has 23 heavy (non-hydrogen) atoms. The van der Waals surface area contributed by atoms with Crippen LogP contribution in [0.5, 0.6) is 0 Å². The van der Waals surface area contributed by atoms with Gasteiger partial charge in [-0.2, -0.15) is 0 Å². The van der Waals surface area contributed by atoms with Gasteiger partial charge in [0.25, 0.3) is 0 Å². The Labute approximate surface area is 138 Å². The van der Waals surface area contributed by atoms with E-state index in [9.17, 15) is 4.79 Å². The first-order chi connectivity index (χ1) is 11.2. The van der Waals surface area contributed by atoms with Crippen LogP contribution in [0.2, 0.25) is 0 Å². The van der Waals surface area contributed by atoms with Crippen molar-refractivity contribution in [2.75, 3.05) is 19.6 Å². The van der Waals surface area contributed by atoms with Crippen molar-refractivity contribution in [3.05, 3.63) is 12.2 Å². The Bertz CT molecular complexity index is 503. The van der Waals surface area contributed by atoms with Crippen molar-refractivity contribution < 1.29 is 4.79 Å². The van der Waals surface area contributed by atoms with Crippen LogP contribution in [0.1, 0.15) is 76.2 Å². The smallest absolute Gasteiger partial charge is 0.221 e. The molecule has 0 spiro atoms. The normalized spacial score (nSPS) is 21.4. The van der Waals surface area contributed by atoms with E-state index in [1.165, 1.54) is 44.9 Å². The van der Waals surface area contributed by atoms with Gasteiger partial charge in [0.2, 0.25) is 5.91 Å². The van der Waals surface area contributed by atoms with Gasteiger partial charge in [-0.3, -0.25) is 4.79 Å². The Kier molecular flexibility index (Phi) is 5.65. The predicted octanol–water partition coefficient (Wildman–Crippen LogP) is 2.45. The zero-order valence-electron chi connectivity index (χ0n) is 14.2. The summed E-state index contributed by atoms with van der Waals surface area (Å²) in [5.74, 6) is 1.01. The molecular weight excluding hydrogens is 290 g/mol. The Hall–Kier alpha value is -1.43. The molecule has 1 aromatic rings. The average molecular weight is 319 g/mol. The second-order valence-corrected chi connectivity index (χ2v) is 6.98.